The van der Waals surface area contributed by atoms with E-state index in [0.717, 1.165) is 28.3 Å². The Morgan fingerprint density at radius 2 is 1.83 bits per heavy atom. The summed E-state index contributed by atoms with van der Waals surface area (Å²) in [4.78, 5) is 12.6. The number of para-hydroxylation sites is 1. The van der Waals surface area contributed by atoms with Crippen LogP contribution in [0.5, 0.6) is 0 Å². The van der Waals surface area contributed by atoms with Gasteiger partial charge in [0.1, 0.15) is 0 Å². The molecule has 3 aromatic rings. The molecule has 24 heavy (non-hydrogen) atoms. The van der Waals surface area contributed by atoms with E-state index in [1.165, 1.54) is 0 Å². The topological polar surface area (TPSA) is 64.7 Å². The smallest absolute Gasteiger partial charge is 0.255 e. The Kier molecular flexibility index (Phi) is 4.20. The Morgan fingerprint density at radius 3 is 2.46 bits per heavy atom. The van der Waals surface area contributed by atoms with Crippen LogP contribution >= 0.6 is 0 Å². The largest absolute Gasteiger partial charge is 0.348 e. The summed E-state index contributed by atoms with van der Waals surface area (Å²) in [6.07, 6.45) is 1.78. The number of benzene rings is 1. The molecule has 1 amide bonds. The van der Waals surface area contributed by atoms with Gasteiger partial charge in [-0.25, -0.2) is 4.68 Å². The molecule has 0 unspecified atom stereocenters. The van der Waals surface area contributed by atoms with E-state index in [2.05, 4.69) is 15.5 Å². The molecule has 0 aliphatic heterocycles. The molecule has 0 spiro atoms. The van der Waals surface area contributed by atoms with Gasteiger partial charge in [-0.05, 0) is 32.9 Å². The zero-order valence-electron chi connectivity index (χ0n) is 14.4. The predicted molar refractivity (Wildman–Crippen MR) is 92.2 cm³/mol. The number of amides is 1. The van der Waals surface area contributed by atoms with Crippen molar-refractivity contribution in [2.24, 2.45) is 7.05 Å². The van der Waals surface area contributed by atoms with Crippen molar-refractivity contribution in [2.75, 3.05) is 0 Å². The van der Waals surface area contributed by atoms with E-state index in [9.17, 15) is 4.79 Å². The fourth-order valence-electron chi connectivity index (χ4n) is 2.77. The van der Waals surface area contributed by atoms with E-state index in [-0.39, 0.29) is 5.91 Å². The molecule has 0 saturated heterocycles. The minimum absolute atomic E-state index is 0.115. The molecule has 1 N–H and O–H groups in total. The quantitative estimate of drug-likeness (QED) is 0.802. The van der Waals surface area contributed by atoms with Crippen molar-refractivity contribution >= 4 is 5.91 Å². The molecular formula is C18H21N5O. The van der Waals surface area contributed by atoms with Crippen LogP contribution < -0.4 is 5.32 Å². The number of rotatable bonds is 4. The van der Waals surface area contributed by atoms with Crippen LogP contribution in [-0.4, -0.2) is 25.5 Å². The first-order chi connectivity index (χ1) is 11.5. The van der Waals surface area contributed by atoms with Gasteiger partial charge in [-0.3, -0.25) is 9.48 Å². The van der Waals surface area contributed by atoms with Gasteiger partial charge in [-0.1, -0.05) is 18.2 Å². The van der Waals surface area contributed by atoms with Crippen molar-refractivity contribution in [3.05, 3.63) is 64.7 Å². The van der Waals surface area contributed by atoms with Gasteiger partial charge in [0.05, 0.1) is 28.8 Å². The number of nitrogens with zero attached hydrogens (tertiary/aromatic N) is 4. The maximum atomic E-state index is 12.6. The van der Waals surface area contributed by atoms with E-state index in [4.69, 9.17) is 0 Å². The summed E-state index contributed by atoms with van der Waals surface area (Å²) in [6, 6.07) is 9.81. The van der Waals surface area contributed by atoms with E-state index in [0.29, 0.717) is 12.1 Å². The van der Waals surface area contributed by atoms with Crippen LogP contribution in [0.15, 0.2) is 36.5 Å². The molecule has 124 valence electrons. The maximum Gasteiger partial charge on any atom is 0.255 e. The monoisotopic (exact) mass is 323 g/mol. The minimum Gasteiger partial charge on any atom is -0.348 e. The third kappa shape index (κ3) is 2.82. The molecule has 2 aromatic heterocycles. The molecule has 0 aliphatic carbocycles. The second kappa shape index (κ2) is 6.31. The number of carbonyl (C=O) groups excluding carboxylic acids is 1. The van der Waals surface area contributed by atoms with Crippen LogP contribution in [0.4, 0.5) is 0 Å². The molecule has 0 fully saturated rings. The SMILES string of the molecule is Cc1nn(-c2ccccc2)c(C)c1C(=O)NCc1cnn(C)c1C. The van der Waals surface area contributed by atoms with Crippen LogP contribution in [0.2, 0.25) is 0 Å². The lowest BCUT2D eigenvalue weighted by molar-refractivity contribution is 0.0949. The Balaban J connectivity index is 1.83. The first-order valence-corrected chi connectivity index (χ1v) is 7.86. The zero-order valence-corrected chi connectivity index (χ0v) is 14.4. The highest BCUT2D eigenvalue weighted by atomic mass is 16.1. The van der Waals surface area contributed by atoms with Crippen LogP contribution in [0.25, 0.3) is 5.69 Å². The van der Waals surface area contributed by atoms with Crippen molar-refractivity contribution in [2.45, 2.75) is 27.3 Å². The zero-order chi connectivity index (χ0) is 17.3. The summed E-state index contributed by atoms with van der Waals surface area (Å²) in [6.45, 7) is 6.21. The van der Waals surface area contributed by atoms with Gasteiger partial charge in [-0.2, -0.15) is 10.2 Å². The molecule has 2 heterocycles. The van der Waals surface area contributed by atoms with Crippen LogP contribution in [0, 0.1) is 20.8 Å². The molecule has 0 radical (unpaired) electrons. The van der Waals surface area contributed by atoms with Gasteiger partial charge in [0.25, 0.3) is 5.91 Å². The van der Waals surface area contributed by atoms with Crippen LogP contribution in [0.1, 0.15) is 33.0 Å². The van der Waals surface area contributed by atoms with Crippen molar-refractivity contribution < 1.29 is 4.79 Å². The number of hydrogen-bond donors (Lipinski definition) is 1. The first-order valence-electron chi connectivity index (χ1n) is 7.86. The van der Waals surface area contributed by atoms with E-state index >= 15 is 0 Å². The maximum absolute atomic E-state index is 12.6. The Labute approximate surface area is 141 Å². The molecular weight excluding hydrogens is 302 g/mol. The summed E-state index contributed by atoms with van der Waals surface area (Å²) in [5.74, 6) is -0.115. The summed E-state index contributed by atoms with van der Waals surface area (Å²) >= 11 is 0. The number of aromatic nitrogens is 4. The number of hydrogen-bond acceptors (Lipinski definition) is 3. The van der Waals surface area contributed by atoms with Gasteiger partial charge in [0.15, 0.2) is 0 Å². The number of aryl methyl sites for hydroxylation is 2. The average molecular weight is 323 g/mol. The molecule has 3 rings (SSSR count). The first kappa shape index (κ1) is 16.0. The van der Waals surface area contributed by atoms with E-state index in [1.807, 2.05) is 58.2 Å². The molecule has 0 saturated carbocycles. The molecule has 6 nitrogen and oxygen atoms in total. The predicted octanol–water partition coefficient (Wildman–Crippen LogP) is 2.46. The normalized spacial score (nSPS) is 10.8. The lowest BCUT2D eigenvalue weighted by atomic mass is 10.1. The fraction of sp³-hybridized carbons (Fsp3) is 0.278. The van der Waals surface area contributed by atoms with Gasteiger partial charge >= 0.3 is 0 Å². The van der Waals surface area contributed by atoms with E-state index in [1.54, 1.807) is 15.6 Å². The highest BCUT2D eigenvalue weighted by molar-refractivity contribution is 5.96. The van der Waals surface area contributed by atoms with E-state index < -0.39 is 0 Å². The standard InChI is InChI=1S/C18H21N5O/c1-12-17(14(3)23(21-12)16-8-6-5-7-9-16)18(24)19-10-15-11-20-22(4)13(15)2/h5-9,11H,10H2,1-4H3,(H,19,24). The van der Waals surface area contributed by atoms with Crippen molar-refractivity contribution in [3.8, 4) is 5.69 Å². The summed E-state index contributed by atoms with van der Waals surface area (Å²) in [5, 5.41) is 11.7. The summed E-state index contributed by atoms with van der Waals surface area (Å²) in [7, 11) is 1.89. The summed E-state index contributed by atoms with van der Waals surface area (Å²) in [5.41, 5.74) is 5.18. The molecule has 1 aromatic carbocycles. The van der Waals surface area contributed by atoms with Crippen LogP contribution in [-0.2, 0) is 13.6 Å². The third-order valence-electron chi connectivity index (χ3n) is 4.30. The second-order valence-electron chi connectivity index (χ2n) is 5.85. The lowest BCUT2D eigenvalue weighted by Gasteiger charge is -2.07. The fourth-order valence-corrected chi connectivity index (χ4v) is 2.77. The summed E-state index contributed by atoms with van der Waals surface area (Å²) < 4.78 is 3.60. The molecule has 0 bridgehead atoms. The average Bonchev–Trinajstić information content (AvgIpc) is 3.06. The van der Waals surface area contributed by atoms with Gasteiger partial charge in [0.2, 0.25) is 0 Å². The lowest BCUT2D eigenvalue weighted by Crippen LogP contribution is -2.24. The number of carbonyl (C=O) groups is 1. The van der Waals surface area contributed by atoms with Crippen molar-refractivity contribution in [1.29, 1.82) is 0 Å². The Morgan fingerprint density at radius 1 is 1.12 bits per heavy atom. The third-order valence-corrected chi connectivity index (χ3v) is 4.30. The molecule has 0 atom stereocenters. The van der Waals surface area contributed by atoms with Gasteiger partial charge < -0.3 is 5.32 Å². The van der Waals surface area contributed by atoms with Gasteiger partial charge in [-0.15, -0.1) is 0 Å². The van der Waals surface area contributed by atoms with Gasteiger partial charge in [0, 0.05) is 24.8 Å². The minimum atomic E-state index is -0.115. The Bertz CT molecular complexity index is 876. The highest BCUT2D eigenvalue weighted by Gasteiger charge is 2.19. The van der Waals surface area contributed by atoms with Crippen molar-refractivity contribution in [3.63, 3.8) is 0 Å². The molecule has 0 aliphatic rings. The highest BCUT2D eigenvalue weighted by Crippen LogP contribution is 2.18. The Hall–Kier alpha value is -2.89. The van der Waals surface area contributed by atoms with Crippen molar-refractivity contribution in [1.82, 2.24) is 24.9 Å². The molecule has 6 heteroatoms. The van der Waals surface area contributed by atoms with Crippen LogP contribution in [0.3, 0.4) is 0 Å². The number of nitrogens with one attached hydrogen (secondary N) is 1. The second-order valence-corrected chi connectivity index (χ2v) is 5.85.